The van der Waals surface area contributed by atoms with Crippen LogP contribution in [-0.2, 0) is 0 Å². The predicted molar refractivity (Wildman–Crippen MR) is 89.6 cm³/mol. The zero-order chi connectivity index (χ0) is 15.4. The summed E-state index contributed by atoms with van der Waals surface area (Å²) in [5, 5.41) is 4.00. The summed E-state index contributed by atoms with van der Waals surface area (Å²) in [6, 6.07) is 11.8. The zero-order valence-corrected chi connectivity index (χ0v) is 14.5. The topological polar surface area (TPSA) is 30.5 Å². The van der Waals surface area contributed by atoms with Crippen LogP contribution in [0.4, 0.5) is 0 Å². The van der Waals surface area contributed by atoms with Crippen LogP contribution in [0.25, 0.3) is 0 Å². The van der Waals surface area contributed by atoms with E-state index in [1.165, 1.54) is 0 Å². The second-order valence-corrected chi connectivity index (χ2v) is 5.89. The maximum Gasteiger partial charge on any atom is 0.161 e. The Morgan fingerprint density at radius 2 is 1.71 bits per heavy atom. The third-order valence-corrected chi connectivity index (χ3v) is 3.92. The quantitative estimate of drug-likeness (QED) is 0.844. The molecule has 0 aromatic heterocycles. The molecule has 5 heteroatoms. The van der Waals surface area contributed by atoms with Gasteiger partial charge in [-0.25, -0.2) is 0 Å². The lowest BCUT2D eigenvalue weighted by Crippen LogP contribution is -2.17. The highest BCUT2D eigenvalue weighted by Gasteiger charge is 2.15. The standard InChI is InChI=1S/C16H17BrClNO2/c1-19-16(11-6-12(17)9-13(18)7-11)10-4-5-14(20-2)15(8-10)21-3/h4-9,16,19H,1-3H3. The van der Waals surface area contributed by atoms with Gasteiger partial charge in [0.05, 0.1) is 20.3 Å². The van der Waals surface area contributed by atoms with Crippen molar-refractivity contribution in [2.75, 3.05) is 21.3 Å². The van der Waals surface area contributed by atoms with Crippen molar-refractivity contribution in [2.45, 2.75) is 6.04 Å². The Hall–Kier alpha value is -1.23. The molecule has 0 fully saturated rings. The number of halogens is 2. The van der Waals surface area contributed by atoms with Crippen molar-refractivity contribution < 1.29 is 9.47 Å². The first-order valence-corrected chi connectivity index (χ1v) is 7.61. The summed E-state index contributed by atoms with van der Waals surface area (Å²) in [6.45, 7) is 0. The summed E-state index contributed by atoms with van der Waals surface area (Å²) in [5.41, 5.74) is 2.15. The van der Waals surface area contributed by atoms with Crippen LogP contribution in [-0.4, -0.2) is 21.3 Å². The fraction of sp³-hybridized carbons (Fsp3) is 0.250. The molecule has 0 spiro atoms. The first kappa shape index (κ1) is 16.1. The molecule has 0 saturated heterocycles. The molecule has 0 amide bonds. The number of methoxy groups -OCH3 is 2. The lowest BCUT2D eigenvalue weighted by Gasteiger charge is -2.19. The van der Waals surface area contributed by atoms with Gasteiger partial charge in [0.25, 0.3) is 0 Å². The molecule has 2 rings (SSSR count). The molecular formula is C16H17BrClNO2. The van der Waals surface area contributed by atoms with E-state index in [4.69, 9.17) is 21.1 Å². The summed E-state index contributed by atoms with van der Waals surface area (Å²) in [7, 11) is 5.17. The maximum absolute atomic E-state index is 6.14. The van der Waals surface area contributed by atoms with Crippen molar-refractivity contribution in [1.82, 2.24) is 5.32 Å². The van der Waals surface area contributed by atoms with Gasteiger partial charge in [-0.1, -0.05) is 33.6 Å². The number of benzene rings is 2. The molecule has 3 nitrogen and oxygen atoms in total. The number of hydrogen-bond acceptors (Lipinski definition) is 3. The van der Waals surface area contributed by atoms with Crippen molar-refractivity contribution in [2.24, 2.45) is 0 Å². The Morgan fingerprint density at radius 3 is 2.29 bits per heavy atom. The summed E-state index contributed by atoms with van der Waals surface area (Å²) in [5.74, 6) is 1.42. The fourth-order valence-corrected chi connectivity index (χ4v) is 3.19. The van der Waals surface area contributed by atoms with Gasteiger partial charge >= 0.3 is 0 Å². The fourth-order valence-electron chi connectivity index (χ4n) is 2.30. The van der Waals surface area contributed by atoms with Crippen molar-refractivity contribution in [3.05, 3.63) is 57.0 Å². The van der Waals surface area contributed by atoms with Crippen LogP contribution in [0.2, 0.25) is 5.02 Å². The summed E-state index contributed by atoms with van der Waals surface area (Å²) in [6.07, 6.45) is 0. The third kappa shape index (κ3) is 3.70. The summed E-state index contributed by atoms with van der Waals surface area (Å²) >= 11 is 9.62. The summed E-state index contributed by atoms with van der Waals surface area (Å²) < 4.78 is 11.6. The van der Waals surface area contributed by atoms with E-state index >= 15 is 0 Å². The highest BCUT2D eigenvalue weighted by atomic mass is 79.9. The minimum absolute atomic E-state index is 0.0137. The molecule has 112 valence electrons. The van der Waals surface area contributed by atoms with Crippen molar-refractivity contribution in [3.63, 3.8) is 0 Å². The second-order valence-electron chi connectivity index (χ2n) is 4.54. The lowest BCUT2D eigenvalue weighted by atomic mass is 9.98. The van der Waals surface area contributed by atoms with E-state index in [1.54, 1.807) is 14.2 Å². The molecule has 0 aliphatic heterocycles. The van der Waals surface area contributed by atoms with E-state index in [9.17, 15) is 0 Å². The highest BCUT2D eigenvalue weighted by molar-refractivity contribution is 9.10. The smallest absolute Gasteiger partial charge is 0.161 e. The van der Waals surface area contributed by atoms with Gasteiger partial charge in [0.15, 0.2) is 11.5 Å². The van der Waals surface area contributed by atoms with Gasteiger partial charge in [-0.2, -0.15) is 0 Å². The number of hydrogen-bond donors (Lipinski definition) is 1. The van der Waals surface area contributed by atoms with Crippen molar-refractivity contribution in [3.8, 4) is 11.5 Å². The second kappa shape index (κ2) is 7.16. The Morgan fingerprint density at radius 1 is 1.00 bits per heavy atom. The first-order valence-electron chi connectivity index (χ1n) is 6.44. The SMILES string of the molecule is CNC(c1cc(Cl)cc(Br)c1)c1ccc(OC)c(OC)c1. The van der Waals surface area contributed by atoms with Crippen molar-refractivity contribution >= 4 is 27.5 Å². The molecule has 21 heavy (non-hydrogen) atoms. The Balaban J connectivity index is 2.45. The Kier molecular flexibility index (Phi) is 5.51. The Labute approximate surface area is 138 Å². The average Bonchev–Trinajstić information content (AvgIpc) is 2.46. The number of ether oxygens (including phenoxy) is 2. The molecule has 2 aromatic rings. The minimum Gasteiger partial charge on any atom is -0.493 e. The molecule has 0 aliphatic rings. The molecule has 1 N–H and O–H groups in total. The van der Waals surface area contributed by atoms with Crippen LogP contribution in [0, 0.1) is 0 Å². The van der Waals surface area contributed by atoms with Crippen LogP contribution < -0.4 is 14.8 Å². The molecule has 1 unspecified atom stereocenters. The van der Waals surface area contributed by atoms with Crippen LogP contribution >= 0.6 is 27.5 Å². The van der Waals surface area contributed by atoms with E-state index in [-0.39, 0.29) is 6.04 Å². The van der Waals surface area contributed by atoms with Crippen molar-refractivity contribution in [1.29, 1.82) is 0 Å². The maximum atomic E-state index is 6.14. The van der Waals surface area contributed by atoms with Crippen LogP contribution in [0.5, 0.6) is 11.5 Å². The lowest BCUT2D eigenvalue weighted by molar-refractivity contribution is 0.354. The Bertz CT molecular complexity index is 613. The van der Waals surface area contributed by atoms with E-state index < -0.39 is 0 Å². The van der Waals surface area contributed by atoms with Gasteiger partial charge < -0.3 is 14.8 Å². The normalized spacial score (nSPS) is 12.0. The van der Waals surface area contributed by atoms with E-state index in [1.807, 2.05) is 43.4 Å². The summed E-state index contributed by atoms with van der Waals surface area (Å²) in [4.78, 5) is 0. The van der Waals surface area contributed by atoms with Crippen LogP contribution in [0.15, 0.2) is 40.9 Å². The van der Waals surface area contributed by atoms with Gasteiger partial charge in [-0.3, -0.25) is 0 Å². The monoisotopic (exact) mass is 369 g/mol. The molecule has 0 bridgehead atoms. The van der Waals surface area contributed by atoms with E-state index in [0.29, 0.717) is 16.5 Å². The van der Waals surface area contributed by atoms with E-state index in [0.717, 1.165) is 15.6 Å². The molecular weight excluding hydrogens is 354 g/mol. The third-order valence-electron chi connectivity index (χ3n) is 3.25. The van der Waals surface area contributed by atoms with Crippen LogP contribution in [0.3, 0.4) is 0 Å². The molecule has 0 heterocycles. The van der Waals surface area contributed by atoms with Gasteiger partial charge in [-0.15, -0.1) is 0 Å². The molecule has 2 aromatic carbocycles. The minimum atomic E-state index is 0.0137. The predicted octanol–water partition coefficient (Wildman–Crippen LogP) is 4.43. The van der Waals surface area contributed by atoms with Gasteiger partial charge in [-0.05, 0) is 48.5 Å². The van der Waals surface area contributed by atoms with Gasteiger partial charge in [0.2, 0.25) is 0 Å². The van der Waals surface area contributed by atoms with Gasteiger partial charge in [0, 0.05) is 9.50 Å². The molecule has 0 radical (unpaired) electrons. The highest BCUT2D eigenvalue weighted by Crippen LogP contribution is 2.33. The first-order chi connectivity index (χ1) is 10.1. The van der Waals surface area contributed by atoms with E-state index in [2.05, 4.69) is 21.2 Å². The van der Waals surface area contributed by atoms with Crippen LogP contribution in [0.1, 0.15) is 17.2 Å². The average molecular weight is 371 g/mol. The van der Waals surface area contributed by atoms with Gasteiger partial charge in [0.1, 0.15) is 0 Å². The molecule has 0 aliphatic carbocycles. The zero-order valence-electron chi connectivity index (χ0n) is 12.1. The number of nitrogens with one attached hydrogen (secondary N) is 1. The largest absolute Gasteiger partial charge is 0.493 e. The molecule has 0 saturated carbocycles. The number of rotatable bonds is 5. The molecule has 1 atom stereocenters.